The lowest BCUT2D eigenvalue weighted by atomic mass is 10.2. The average molecular weight is 308 g/mol. The minimum Gasteiger partial charge on any atom is -0.444 e. The first-order chi connectivity index (χ1) is 10.3. The Kier molecular flexibility index (Phi) is 4.73. The van der Waals surface area contributed by atoms with Crippen molar-refractivity contribution in [3.05, 3.63) is 17.0 Å². The zero-order chi connectivity index (χ0) is 16.3. The van der Waals surface area contributed by atoms with Crippen LogP contribution < -0.4 is 5.32 Å². The van der Waals surface area contributed by atoms with Crippen LogP contribution in [0.2, 0.25) is 0 Å². The van der Waals surface area contributed by atoms with Crippen molar-refractivity contribution in [2.24, 2.45) is 4.99 Å². The first-order valence-corrected chi connectivity index (χ1v) is 7.43. The van der Waals surface area contributed by atoms with Crippen molar-refractivity contribution >= 4 is 11.9 Å². The summed E-state index contributed by atoms with van der Waals surface area (Å²) >= 11 is 0. The number of hydrogen-bond acceptors (Lipinski definition) is 6. The van der Waals surface area contributed by atoms with E-state index in [0.717, 1.165) is 22.9 Å². The molecule has 2 heterocycles. The molecule has 1 aliphatic rings. The molecule has 2 rings (SSSR count). The highest BCUT2D eigenvalue weighted by Gasteiger charge is 2.25. The maximum atomic E-state index is 12.1. The maximum absolute atomic E-state index is 12.1. The molecular formula is C15H24N4O3. The van der Waals surface area contributed by atoms with Crippen LogP contribution in [-0.2, 0) is 11.3 Å². The SMILES string of the molecule is Cc1noc(C)c1CNC1=NCCN(C(=O)OC(C)(C)C)C1. The van der Waals surface area contributed by atoms with Gasteiger partial charge < -0.3 is 14.6 Å². The number of aryl methyl sites for hydroxylation is 2. The van der Waals surface area contributed by atoms with Crippen LogP contribution in [0.1, 0.15) is 37.8 Å². The van der Waals surface area contributed by atoms with Gasteiger partial charge in [0.05, 0.1) is 18.8 Å². The summed E-state index contributed by atoms with van der Waals surface area (Å²) in [6, 6.07) is 0. The molecule has 0 radical (unpaired) electrons. The van der Waals surface area contributed by atoms with E-state index in [4.69, 9.17) is 9.26 Å². The number of carbonyl (C=O) groups excluding carboxylic acids is 1. The van der Waals surface area contributed by atoms with Gasteiger partial charge in [-0.1, -0.05) is 5.16 Å². The second-order valence-corrected chi connectivity index (χ2v) is 6.39. The van der Waals surface area contributed by atoms with Gasteiger partial charge in [0.2, 0.25) is 0 Å². The molecule has 0 atom stereocenters. The molecule has 22 heavy (non-hydrogen) atoms. The van der Waals surface area contributed by atoms with E-state index in [0.29, 0.717) is 26.2 Å². The molecule has 1 aliphatic heterocycles. The zero-order valence-electron chi connectivity index (χ0n) is 13.9. The smallest absolute Gasteiger partial charge is 0.410 e. The van der Waals surface area contributed by atoms with Gasteiger partial charge in [-0.15, -0.1) is 0 Å². The van der Waals surface area contributed by atoms with E-state index in [9.17, 15) is 4.79 Å². The van der Waals surface area contributed by atoms with Gasteiger partial charge in [-0.3, -0.25) is 9.89 Å². The van der Waals surface area contributed by atoms with Gasteiger partial charge in [0.1, 0.15) is 17.2 Å². The van der Waals surface area contributed by atoms with Crippen molar-refractivity contribution in [1.82, 2.24) is 15.4 Å². The lowest BCUT2D eigenvalue weighted by Gasteiger charge is -2.29. The molecule has 0 saturated heterocycles. The third kappa shape index (κ3) is 4.22. The highest BCUT2D eigenvalue weighted by atomic mass is 16.6. The second kappa shape index (κ2) is 6.37. The Bertz CT molecular complexity index is 552. The summed E-state index contributed by atoms with van der Waals surface area (Å²) in [7, 11) is 0. The summed E-state index contributed by atoms with van der Waals surface area (Å²) in [5.74, 6) is 1.57. The van der Waals surface area contributed by atoms with Gasteiger partial charge >= 0.3 is 6.09 Å². The number of amides is 1. The normalized spacial score (nSPS) is 15.5. The molecular weight excluding hydrogens is 284 g/mol. The largest absolute Gasteiger partial charge is 0.444 e. The summed E-state index contributed by atoms with van der Waals surface area (Å²) in [5.41, 5.74) is 1.40. The molecule has 7 nitrogen and oxygen atoms in total. The quantitative estimate of drug-likeness (QED) is 0.904. The van der Waals surface area contributed by atoms with Crippen LogP contribution in [-0.4, -0.2) is 47.2 Å². The van der Waals surface area contributed by atoms with Crippen LogP contribution in [0.15, 0.2) is 9.52 Å². The summed E-state index contributed by atoms with van der Waals surface area (Å²) in [6.07, 6.45) is -0.306. The summed E-state index contributed by atoms with van der Waals surface area (Å²) in [4.78, 5) is 18.2. The van der Waals surface area contributed by atoms with E-state index >= 15 is 0 Å². The number of amidine groups is 1. The van der Waals surface area contributed by atoms with Crippen molar-refractivity contribution in [2.75, 3.05) is 19.6 Å². The molecule has 7 heteroatoms. The fourth-order valence-electron chi connectivity index (χ4n) is 2.15. The standard InChI is InChI=1S/C15H24N4O3/c1-10-12(11(2)22-18-10)8-17-13-9-19(7-6-16-13)14(20)21-15(3,4)5/h6-9H2,1-5H3,(H,16,17). The van der Waals surface area contributed by atoms with Crippen LogP contribution >= 0.6 is 0 Å². The number of nitrogens with one attached hydrogen (secondary N) is 1. The number of aromatic nitrogens is 1. The van der Waals surface area contributed by atoms with E-state index in [1.807, 2.05) is 34.6 Å². The van der Waals surface area contributed by atoms with E-state index in [-0.39, 0.29) is 6.09 Å². The molecule has 0 spiro atoms. The van der Waals surface area contributed by atoms with E-state index in [1.54, 1.807) is 4.90 Å². The van der Waals surface area contributed by atoms with Gasteiger partial charge in [-0.25, -0.2) is 4.79 Å². The van der Waals surface area contributed by atoms with Crippen molar-refractivity contribution < 1.29 is 14.1 Å². The molecule has 0 aromatic carbocycles. The Labute approximate surface area is 130 Å². The van der Waals surface area contributed by atoms with E-state index < -0.39 is 5.60 Å². The number of carbonyl (C=O) groups is 1. The molecule has 0 unspecified atom stereocenters. The zero-order valence-corrected chi connectivity index (χ0v) is 13.9. The fourth-order valence-corrected chi connectivity index (χ4v) is 2.15. The highest BCUT2D eigenvalue weighted by Crippen LogP contribution is 2.13. The molecule has 0 bridgehead atoms. The third-order valence-corrected chi connectivity index (χ3v) is 3.32. The monoisotopic (exact) mass is 308 g/mol. The van der Waals surface area contributed by atoms with Crippen LogP contribution in [0.4, 0.5) is 4.79 Å². The predicted molar refractivity (Wildman–Crippen MR) is 82.9 cm³/mol. The van der Waals surface area contributed by atoms with Crippen LogP contribution in [0.3, 0.4) is 0 Å². The molecule has 122 valence electrons. The number of hydrogen-bond donors (Lipinski definition) is 1. The van der Waals surface area contributed by atoms with E-state index in [2.05, 4.69) is 15.5 Å². The lowest BCUT2D eigenvalue weighted by molar-refractivity contribution is 0.0276. The molecule has 1 aromatic rings. The van der Waals surface area contributed by atoms with Gasteiger partial charge in [0.15, 0.2) is 0 Å². The minimum atomic E-state index is -0.490. The number of nitrogens with zero attached hydrogens (tertiary/aromatic N) is 3. The Balaban J connectivity index is 1.91. The Morgan fingerprint density at radius 3 is 2.73 bits per heavy atom. The Morgan fingerprint density at radius 2 is 2.14 bits per heavy atom. The first-order valence-electron chi connectivity index (χ1n) is 7.43. The van der Waals surface area contributed by atoms with Gasteiger partial charge in [-0.2, -0.15) is 0 Å². The van der Waals surface area contributed by atoms with Crippen molar-refractivity contribution in [3.63, 3.8) is 0 Å². The molecule has 1 N–H and O–H groups in total. The number of ether oxygens (including phenoxy) is 1. The van der Waals surface area contributed by atoms with Gasteiger partial charge in [0.25, 0.3) is 0 Å². The Morgan fingerprint density at radius 1 is 1.41 bits per heavy atom. The van der Waals surface area contributed by atoms with E-state index in [1.165, 1.54) is 0 Å². The summed E-state index contributed by atoms with van der Waals surface area (Å²) in [6.45, 7) is 11.5. The molecule has 1 aromatic heterocycles. The molecule has 1 amide bonds. The van der Waals surface area contributed by atoms with Gasteiger partial charge in [-0.05, 0) is 34.6 Å². The van der Waals surface area contributed by atoms with Crippen LogP contribution in [0, 0.1) is 13.8 Å². The van der Waals surface area contributed by atoms with Crippen molar-refractivity contribution in [1.29, 1.82) is 0 Å². The topological polar surface area (TPSA) is 80.0 Å². The number of rotatable bonds is 2. The van der Waals surface area contributed by atoms with Crippen LogP contribution in [0.25, 0.3) is 0 Å². The van der Waals surface area contributed by atoms with Gasteiger partial charge in [0, 0.05) is 18.7 Å². The second-order valence-electron chi connectivity index (χ2n) is 6.39. The Hall–Kier alpha value is -2.05. The third-order valence-electron chi connectivity index (χ3n) is 3.32. The molecule has 0 fully saturated rings. The van der Waals surface area contributed by atoms with Crippen molar-refractivity contribution in [3.8, 4) is 0 Å². The highest BCUT2D eigenvalue weighted by molar-refractivity contribution is 5.87. The van der Waals surface area contributed by atoms with Crippen molar-refractivity contribution in [2.45, 2.75) is 46.8 Å². The fraction of sp³-hybridized carbons (Fsp3) is 0.667. The maximum Gasteiger partial charge on any atom is 0.410 e. The predicted octanol–water partition coefficient (Wildman–Crippen LogP) is 2.03. The lowest BCUT2D eigenvalue weighted by Crippen LogP contribution is -2.47. The number of aliphatic imine (C=N–C) groups is 1. The van der Waals surface area contributed by atoms with Crippen LogP contribution in [0.5, 0.6) is 0 Å². The molecule has 0 saturated carbocycles. The average Bonchev–Trinajstić information content (AvgIpc) is 2.74. The minimum absolute atomic E-state index is 0.306. The summed E-state index contributed by atoms with van der Waals surface area (Å²) < 4.78 is 10.5. The first kappa shape index (κ1) is 16.3. The molecule has 0 aliphatic carbocycles. The summed E-state index contributed by atoms with van der Waals surface area (Å²) in [5, 5.41) is 7.18.